The van der Waals surface area contributed by atoms with Crippen molar-refractivity contribution in [2.75, 3.05) is 0 Å². The van der Waals surface area contributed by atoms with Crippen LogP contribution in [-0.2, 0) is 20.2 Å². The Bertz CT molecular complexity index is 1080. The Kier molecular flexibility index (Phi) is 6.09. The van der Waals surface area contributed by atoms with Crippen LogP contribution in [0.1, 0.15) is 15.9 Å². The number of alkyl halides is 6. The first kappa shape index (κ1) is 23.5. The molecule has 15 heteroatoms. The van der Waals surface area contributed by atoms with Crippen molar-refractivity contribution >= 4 is 26.0 Å². The Hall–Kier alpha value is -2.81. The van der Waals surface area contributed by atoms with Gasteiger partial charge in [-0.1, -0.05) is 24.3 Å². The molecule has 0 saturated heterocycles. The molecule has 7 nitrogen and oxygen atoms in total. The van der Waals surface area contributed by atoms with Gasteiger partial charge >= 0.3 is 31.3 Å². The van der Waals surface area contributed by atoms with E-state index < -0.39 is 59.7 Å². The lowest BCUT2D eigenvalue weighted by molar-refractivity contribution is -0.0504. The molecule has 0 radical (unpaired) electrons. The summed E-state index contributed by atoms with van der Waals surface area (Å²) in [4.78, 5) is 12.4. The van der Waals surface area contributed by atoms with Crippen molar-refractivity contribution in [1.29, 1.82) is 0 Å². The second-order valence-electron chi connectivity index (χ2n) is 5.35. The zero-order chi connectivity index (χ0) is 23.0. The lowest BCUT2D eigenvalue weighted by Gasteiger charge is -2.11. The molecule has 0 aliphatic rings. The van der Waals surface area contributed by atoms with Gasteiger partial charge in [-0.15, -0.1) is 0 Å². The van der Waals surface area contributed by atoms with E-state index in [1.54, 1.807) is 0 Å². The Balaban J connectivity index is 2.32. The summed E-state index contributed by atoms with van der Waals surface area (Å²) >= 11 is 0. The maximum absolute atomic E-state index is 12.4. The summed E-state index contributed by atoms with van der Waals surface area (Å²) in [5.41, 5.74) is -12.2. The predicted molar refractivity (Wildman–Crippen MR) is 87.5 cm³/mol. The normalized spacial score (nSPS) is 13.0. The van der Waals surface area contributed by atoms with Crippen molar-refractivity contribution < 1.29 is 56.3 Å². The maximum Gasteiger partial charge on any atom is 0.534 e. The smallest absolute Gasteiger partial charge is 0.376 e. The lowest BCUT2D eigenvalue weighted by atomic mass is 10.0. The molecule has 2 aromatic carbocycles. The summed E-state index contributed by atoms with van der Waals surface area (Å²) in [5, 5.41) is 0. The first-order chi connectivity index (χ1) is 13.5. The Morgan fingerprint density at radius 1 is 0.667 bits per heavy atom. The quantitative estimate of drug-likeness (QED) is 0.271. The summed E-state index contributed by atoms with van der Waals surface area (Å²) in [6.07, 6.45) is 0. The van der Waals surface area contributed by atoms with Gasteiger partial charge in [0.1, 0.15) is 11.5 Å². The van der Waals surface area contributed by atoms with Crippen LogP contribution in [0.4, 0.5) is 26.3 Å². The standard InChI is InChI=1S/C15H8F6O7S2/c16-14(17,18)29(23,24)27-11-5-1-3-9(7-11)13(22)10-4-2-6-12(8-10)28-30(25,26)15(19,20)21/h1-8H. The third-order valence-electron chi connectivity index (χ3n) is 3.17. The van der Waals surface area contributed by atoms with E-state index >= 15 is 0 Å². The van der Waals surface area contributed by atoms with Gasteiger partial charge in [0.25, 0.3) is 0 Å². The summed E-state index contributed by atoms with van der Waals surface area (Å²) in [6.45, 7) is 0. The minimum absolute atomic E-state index is 0.402. The van der Waals surface area contributed by atoms with Crippen molar-refractivity contribution in [2.24, 2.45) is 0 Å². The molecule has 0 heterocycles. The topological polar surface area (TPSA) is 104 Å². The van der Waals surface area contributed by atoms with Crippen LogP contribution in [0.2, 0.25) is 0 Å². The van der Waals surface area contributed by atoms with Crippen LogP contribution in [0.25, 0.3) is 0 Å². The second kappa shape index (κ2) is 7.79. The predicted octanol–water partition coefficient (Wildman–Crippen LogP) is 3.37. The Morgan fingerprint density at radius 2 is 1.00 bits per heavy atom. The molecule has 0 unspecified atom stereocenters. The van der Waals surface area contributed by atoms with E-state index in [1.807, 2.05) is 0 Å². The van der Waals surface area contributed by atoms with Crippen LogP contribution < -0.4 is 8.37 Å². The molecule has 0 atom stereocenters. The third-order valence-corrected chi connectivity index (χ3v) is 5.13. The number of hydrogen-bond acceptors (Lipinski definition) is 7. The summed E-state index contributed by atoms with van der Waals surface area (Å²) in [7, 11) is -12.0. The number of rotatable bonds is 6. The van der Waals surface area contributed by atoms with Crippen molar-refractivity contribution in [1.82, 2.24) is 0 Å². The minimum atomic E-state index is -6.00. The molecule has 0 saturated carbocycles. The third kappa shape index (κ3) is 5.21. The summed E-state index contributed by atoms with van der Waals surface area (Å²) in [6, 6.07) is 7.00. The number of benzene rings is 2. The highest BCUT2D eigenvalue weighted by molar-refractivity contribution is 7.88. The number of carbonyl (C=O) groups is 1. The molecule has 0 amide bonds. The van der Waals surface area contributed by atoms with E-state index in [0.29, 0.717) is 12.1 Å². The molecular weight excluding hydrogens is 470 g/mol. The molecule has 30 heavy (non-hydrogen) atoms. The van der Waals surface area contributed by atoms with Gasteiger partial charge in [-0.2, -0.15) is 43.2 Å². The van der Waals surface area contributed by atoms with Crippen molar-refractivity contribution in [3.05, 3.63) is 59.7 Å². The van der Waals surface area contributed by atoms with Gasteiger partial charge in [-0.05, 0) is 24.3 Å². The molecule has 0 N–H and O–H groups in total. The molecule has 2 aromatic rings. The molecule has 2 rings (SSSR count). The van der Waals surface area contributed by atoms with Crippen LogP contribution in [0.15, 0.2) is 48.5 Å². The maximum atomic E-state index is 12.4. The number of ketones is 1. The average molecular weight is 478 g/mol. The zero-order valence-electron chi connectivity index (χ0n) is 14.1. The van der Waals surface area contributed by atoms with Gasteiger partial charge in [-0.25, -0.2) is 0 Å². The SMILES string of the molecule is O=C(c1cccc(OS(=O)(=O)C(F)(F)F)c1)c1cccc(OS(=O)(=O)C(F)(F)F)c1. The number of carbonyl (C=O) groups excluding carboxylic acids is 1. The van der Waals surface area contributed by atoms with Crippen molar-refractivity contribution in [3.63, 3.8) is 0 Å². The van der Waals surface area contributed by atoms with E-state index in [-0.39, 0.29) is 0 Å². The van der Waals surface area contributed by atoms with E-state index in [9.17, 15) is 48.0 Å². The summed E-state index contributed by atoms with van der Waals surface area (Å²) in [5.74, 6) is -2.71. The van der Waals surface area contributed by atoms with Crippen molar-refractivity contribution in [3.8, 4) is 11.5 Å². The van der Waals surface area contributed by atoms with E-state index in [2.05, 4.69) is 8.37 Å². The molecule has 164 valence electrons. The largest absolute Gasteiger partial charge is 0.534 e. The highest BCUT2D eigenvalue weighted by atomic mass is 32.2. The molecule has 0 spiro atoms. The highest BCUT2D eigenvalue weighted by Gasteiger charge is 2.49. The zero-order valence-corrected chi connectivity index (χ0v) is 15.7. The minimum Gasteiger partial charge on any atom is -0.376 e. The van der Waals surface area contributed by atoms with Crippen LogP contribution in [-0.4, -0.2) is 33.6 Å². The molecule has 0 fully saturated rings. The van der Waals surface area contributed by atoms with Gasteiger partial charge in [0.05, 0.1) is 0 Å². The number of halogens is 6. The molecular formula is C15H8F6O7S2. The van der Waals surface area contributed by atoms with Gasteiger partial charge in [0, 0.05) is 11.1 Å². The molecule has 0 aliphatic heterocycles. The Labute approximate surface area is 165 Å². The molecule has 0 aromatic heterocycles. The summed E-state index contributed by atoms with van der Waals surface area (Å²) < 4.78 is 126. The fraction of sp³-hybridized carbons (Fsp3) is 0.133. The first-order valence-electron chi connectivity index (χ1n) is 7.30. The van der Waals surface area contributed by atoms with E-state index in [4.69, 9.17) is 0 Å². The molecule has 0 aliphatic carbocycles. The van der Waals surface area contributed by atoms with Gasteiger partial charge in [0.2, 0.25) is 0 Å². The van der Waals surface area contributed by atoms with E-state index in [1.165, 1.54) is 0 Å². The van der Waals surface area contributed by atoms with Crippen LogP contribution in [0, 0.1) is 0 Å². The van der Waals surface area contributed by atoms with Crippen LogP contribution in [0.3, 0.4) is 0 Å². The second-order valence-corrected chi connectivity index (χ2v) is 8.43. The fourth-order valence-corrected chi connectivity index (χ4v) is 2.80. The van der Waals surface area contributed by atoms with Crippen molar-refractivity contribution in [2.45, 2.75) is 11.0 Å². The highest BCUT2D eigenvalue weighted by Crippen LogP contribution is 2.29. The molecule has 0 bridgehead atoms. The van der Waals surface area contributed by atoms with Crippen LogP contribution >= 0.6 is 0 Å². The number of hydrogen-bond donors (Lipinski definition) is 0. The Morgan fingerprint density at radius 3 is 1.30 bits per heavy atom. The van der Waals surface area contributed by atoms with Gasteiger partial charge < -0.3 is 8.37 Å². The van der Waals surface area contributed by atoms with E-state index in [0.717, 1.165) is 36.4 Å². The average Bonchev–Trinajstić information content (AvgIpc) is 2.59. The van der Waals surface area contributed by atoms with Gasteiger partial charge in [-0.3, -0.25) is 4.79 Å². The first-order valence-corrected chi connectivity index (χ1v) is 10.1. The fourth-order valence-electron chi connectivity index (χ4n) is 1.89. The van der Waals surface area contributed by atoms with Crippen LogP contribution in [0.5, 0.6) is 11.5 Å². The van der Waals surface area contributed by atoms with Gasteiger partial charge in [0.15, 0.2) is 5.78 Å². The monoisotopic (exact) mass is 478 g/mol. The lowest BCUT2D eigenvalue weighted by Crippen LogP contribution is -2.28.